The summed E-state index contributed by atoms with van der Waals surface area (Å²) < 4.78 is 0. The fourth-order valence-corrected chi connectivity index (χ4v) is 2.57. The lowest BCUT2D eigenvalue weighted by Gasteiger charge is -2.12. The third-order valence-electron chi connectivity index (χ3n) is 2.80. The van der Waals surface area contributed by atoms with Crippen LogP contribution >= 0.6 is 11.4 Å². The van der Waals surface area contributed by atoms with Gasteiger partial charge in [-0.05, 0) is 12.0 Å². The number of carboxylic acid groups (broad SMARTS) is 1. The second-order valence-electron chi connectivity index (χ2n) is 4.53. The Morgan fingerprint density at radius 2 is 2.05 bits per heavy atom. The summed E-state index contributed by atoms with van der Waals surface area (Å²) in [5.74, 6) is -0.416. The molecular formula is C16H21NO3S. The van der Waals surface area contributed by atoms with Crippen molar-refractivity contribution < 1.29 is 14.7 Å². The molecule has 2 N–H and O–H groups in total. The fourth-order valence-electron chi connectivity index (χ4n) is 1.65. The topological polar surface area (TPSA) is 66.4 Å². The molecule has 0 radical (unpaired) electrons. The molecule has 5 heteroatoms. The first-order valence-electron chi connectivity index (χ1n) is 6.78. The third kappa shape index (κ3) is 7.46. The smallest absolute Gasteiger partial charge is 0.326 e. The van der Waals surface area contributed by atoms with Crippen LogP contribution in [0.1, 0.15) is 24.8 Å². The van der Waals surface area contributed by atoms with Crippen LogP contribution in [0.4, 0.5) is 0 Å². The van der Waals surface area contributed by atoms with Crippen molar-refractivity contribution in [2.45, 2.75) is 31.1 Å². The van der Waals surface area contributed by atoms with Gasteiger partial charge in [-0.3, -0.25) is 4.79 Å². The van der Waals surface area contributed by atoms with E-state index in [0.29, 0.717) is 12.8 Å². The van der Waals surface area contributed by atoms with Gasteiger partial charge in [-0.15, -0.1) is 6.58 Å². The molecule has 0 fully saturated rings. The van der Waals surface area contributed by atoms with E-state index in [0.717, 1.165) is 17.1 Å². The molecule has 114 valence electrons. The number of aliphatic carboxylic acids is 1. The fraction of sp³-hybridized carbons (Fsp3) is 0.312. The highest BCUT2D eigenvalue weighted by Gasteiger charge is 2.17. The van der Waals surface area contributed by atoms with E-state index in [9.17, 15) is 9.59 Å². The van der Waals surface area contributed by atoms with E-state index in [4.69, 9.17) is 5.11 Å². The number of rotatable bonds is 9. The van der Waals surface area contributed by atoms with E-state index >= 15 is 0 Å². The number of allylic oxidation sites excluding steroid dienone is 1. The molecule has 0 saturated heterocycles. The summed E-state index contributed by atoms with van der Waals surface area (Å²) in [7, 11) is 0. The molecule has 0 aliphatic carbocycles. The zero-order valence-electron chi connectivity index (χ0n) is 11.9. The number of thiol groups is 1. The highest BCUT2D eigenvalue weighted by Crippen LogP contribution is 2.05. The van der Waals surface area contributed by atoms with Crippen LogP contribution < -0.4 is 5.32 Å². The molecule has 0 aliphatic heterocycles. The minimum Gasteiger partial charge on any atom is -0.480 e. The van der Waals surface area contributed by atoms with Crippen molar-refractivity contribution >= 4 is 28.6 Å². The molecule has 4 nitrogen and oxygen atoms in total. The third-order valence-corrected chi connectivity index (χ3v) is 3.81. The Morgan fingerprint density at radius 1 is 1.33 bits per heavy atom. The van der Waals surface area contributed by atoms with E-state index in [1.54, 1.807) is 6.08 Å². The van der Waals surface area contributed by atoms with Gasteiger partial charge in [-0.2, -0.15) is 11.4 Å². The van der Waals surface area contributed by atoms with Gasteiger partial charge >= 0.3 is 5.97 Å². The van der Waals surface area contributed by atoms with Crippen LogP contribution in [-0.4, -0.2) is 28.4 Å². The predicted octanol–water partition coefficient (Wildman–Crippen LogP) is 2.38. The van der Waals surface area contributed by atoms with E-state index < -0.39 is 12.0 Å². The lowest BCUT2D eigenvalue weighted by molar-refractivity contribution is -0.141. The summed E-state index contributed by atoms with van der Waals surface area (Å²) in [6, 6.07) is 9.13. The monoisotopic (exact) mass is 307 g/mol. The van der Waals surface area contributed by atoms with Crippen molar-refractivity contribution in [1.29, 1.82) is 0 Å². The largest absolute Gasteiger partial charge is 0.480 e. The molecule has 0 spiro atoms. The molecule has 0 saturated carbocycles. The second kappa shape index (κ2) is 9.94. The van der Waals surface area contributed by atoms with Crippen LogP contribution in [0, 0.1) is 0 Å². The van der Waals surface area contributed by atoms with Gasteiger partial charge in [-0.25, -0.2) is 4.79 Å². The molecule has 1 unspecified atom stereocenters. The van der Waals surface area contributed by atoms with Gasteiger partial charge in [0.05, 0.1) is 0 Å². The number of carbonyl (C=O) groups is 2. The molecule has 0 bridgehead atoms. The Labute approximate surface area is 128 Å². The van der Waals surface area contributed by atoms with Crippen LogP contribution in [0.15, 0.2) is 43.0 Å². The quantitative estimate of drug-likeness (QED) is 0.373. The minimum atomic E-state index is -1.01. The molecular weight excluding hydrogens is 286 g/mol. The van der Waals surface area contributed by atoms with Gasteiger partial charge in [0.2, 0.25) is 5.91 Å². The SMILES string of the molecule is C=CCCC(=O)NC(CC=[SH]Cc1ccccc1)C(=O)O. The first-order valence-corrected chi connectivity index (χ1v) is 7.93. The Balaban J connectivity index is 2.42. The van der Waals surface area contributed by atoms with Crippen LogP contribution in [0.5, 0.6) is 0 Å². The second-order valence-corrected chi connectivity index (χ2v) is 5.58. The number of carbonyl (C=O) groups excluding carboxylic acids is 1. The lowest BCUT2D eigenvalue weighted by Crippen LogP contribution is -2.40. The summed E-state index contributed by atoms with van der Waals surface area (Å²) in [5.41, 5.74) is 1.21. The van der Waals surface area contributed by atoms with E-state index in [2.05, 4.69) is 11.9 Å². The number of carboxylic acids is 1. The van der Waals surface area contributed by atoms with Crippen molar-refractivity contribution in [2.75, 3.05) is 0 Å². The maximum absolute atomic E-state index is 11.5. The Hall–Kier alpha value is -1.88. The van der Waals surface area contributed by atoms with Gasteiger partial charge in [0.15, 0.2) is 0 Å². The summed E-state index contributed by atoms with van der Waals surface area (Å²) in [6.07, 6.45) is 2.78. The van der Waals surface area contributed by atoms with Gasteiger partial charge < -0.3 is 10.4 Å². The molecule has 0 aromatic heterocycles. The summed E-state index contributed by atoms with van der Waals surface area (Å²) >= 11 is 1.04. The Kier molecular flexibility index (Phi) is 8.12. The first kappa shape index (κ1) is 17.2. The Bertz CT molecular complexity index is 500. The van der Waals surface area contributed by atoms with Gasteiger partial charge in [-0.1, -0.05) is 41.8 Å². The van der Waals surface area contributed by atoms with Crippen LogP contribution in [-0.2, 0) is 15.3 Å². The molecule has 1 atom stereocenters. The molecule has 1 rings (SSSR count). The van der Waals surface area contributed by atoms with Gasteiger partial charge in [0.1, 0.15) is 6.04 Å². The number of nitrogens with one attached hydrogen (secondary N) is 1. The number of hydrogen-bond donors (Lipinski definition) is 3. The highest BCUT2D eigenvalue weighted by molar-refractivity contribution is 7.96. The zero-order chi connectivity index (χ0) is 15.5. The van der Waals surface area contributed by atoms with E-state index in [1.807, 2.05) is 35.7 Å². The van der Waals surface area contributed by atoms with Crippen molar-refractivity contribution in [2.24, 2.45) is 0 Å². The predicted molar refractivity (Wildman–Crippen MR) is 88.8 cm³/mol. The molecule has 0 heterocycles. The summed E-state index contributed by atoms with van der Waals surface area (Å²) in [4.78, 5) is 22.6. The molecule has 1 aromatic carbocycles. The zero-order valence-corrected chi connectivity index (χ0v) is 12.8. The Morgan fingerprint density at radius 3 is 2.67 bits per heavy atom. The van der Waals surface area contributed by atoms with Crippen molar-refractivity contribution in [1.82, 2.24) is 5.32 Å². The van der Waals surface area contributed by atoms with Crippen LogP contribution in [0.2, 0.25) is 0 Å². The highest BCUT2D eigenvalue weighted by atomic mass is 32.1. The first-order chi connectivity index (χ1) is 10.1. The van der Waals surface area contributed by atoms with Crippen molar-refractivity contribution in [3.63, 3.8) is 0 Å². The summed E-state index contributed by atoms with van der Waals surface area (Å²) in [5, 5.41) is 13.5. The average Bonchev–Trinajstić information content (AvgIpc) is 2.49. The number of amides is 1. The lowest BCUT2D eigenvalue weighted by atomic mass is 10.2. The molecule has 1 amide bonds. The normalized spacial score (nSPS) is 12.4. The van der Waals surface area contributed by atoms with E-state index in [-0.39, 0.29) is 12.3 Å². The van der Waals surface area contributed by atoms with Crippen molar-refractivity contribution in [3.05, 3.63) is 48.6 Å². The molecule has 0 aliphatic rings. The molecule has 21 heavy (non-hydrogen) atoms. The minimum absolute atomic E-state index is 0.254. The maximum Gasteiger partial charge on any atom is 0.326 e. The van der Waals surface area contributed by atoms with Gasteiger partial charge in [0.25, 0.3) is 0 Å². The maximum atomic E-state index is 11.5. The van der Waals surface area contributed by atoms with Crippen molar-refractivity contribution in [3.8, 4) is 0 Å². The number of hydrogen-bond acceptors (Lipinski definition) is 2. The number of benzene rings is 1. The molecule has 1 aromatic rings. The van der Waals surface area contributed by atoms with Crippen LogP contribution in [0.3, 0.4) is 0 Å². The standard InChI is InChI=1S/C16H21NO3S/c1-2-3-9-15(18)17-14(16(19)20)10-11-21-12-13-7-5-4-6-8-13/h2,4-8,11,14,21H,1,3,9-10,12H2,(H,17,18)(H,19,20). The van der Waals surface area contributed by atoms with Crippen LogP contribution in [0.25, 0.3) is 0 Å². The summed E-state index contributed by atoms with van der Waals surface area (Å²) in [6.45, 7) is 3.53. The van der Waals surface area contributed by atoms with E-state index in [1.165, 1.54) is 5.56 Å². The average molecular weight is 307 g/mol. The van der Waals surface area contributed by atoms with Gasteiger partial charge in [0, 0.05) is 18.6 Å².